The van der Waals surface area contributed by atoms with Gasteiger partial charge in [-0.05, 0) is 59.6 Å². The third-order valence-electron chi connectivity index (χ3n) is 4.83. The molecule has 3 atom stereocenters. The predicted molar refractivity (Wildman–Crippen MR) is 117 cm³/mol. The lowest BCUT2D eigenvalue weighted by Gasteiger charge is -2.28. The lowest BCUT2D eigenvalue weighted by Crippen LogP contribution is -2.28. The molecule has 28 heavy (non-hydrogen) atoms. The Balaban J connectivity index is 1.78. The van der Waals surface area contributed by atoms with Crippen LogP contribution in [0.5, 0.6) is 11.5 Å². The number of aromatic nitrogens is 1. The lowest BCUT2D eigenvalue weighted by molar-refractivity contribution is 0.228. The fourth-order valence-electron chi connectivity index (χ4n) is 3.74. The average molecular weight is 462 g/mol. The number of benzene rings is 1. The molecule has 0 N–H and O–H groups in total. The Morgan fingerprint density at radius 3 is 2.79 bits per heavy atom. The molecular weight excluding hydrogens is 438 g/mol. The molecule has 0 spiro atoms. The van der Waals surface area contributed by atoms with Crippen molar-refractivity contribution in [2.45, 2.75) is 44.2 Å². The monoisotopic (exact) mass is 461 g/mol. The van der Waals surface area contributed by atoms with Gasteiger partial charge in [0, 0.05) is 18.0 Å². The third-order valence-corrected chi connectivity index (χ3v) is 6.52. The van der Waals surface area contributed by atoms with E-state index in [1.165, 1.54) is 0 Å². The number of amidine groups is 1. The molecule has 4 rings (SSSR count). The number of halogens is 1. The zero-order valence-corrected chi connectivity index (χ0v) is 18.8. The minimum absolute atomic E-state index is 0.0373. The topological polar surface area (TPSA) is 47.0 Å². The molecule has 0 bridgehead atoms. The van der Waals surface area contributed by atoms with Crippen LogP contribution in [0.15, 0.2) is 46.0 Å². The number of pyridine rings is 1. The first kappa shape index (κ1) is 19.6. The second-order valence-electron chi connectivity index (χ2n) is 7.34. The molecule has 0 saturated carbocycles. The van der Waals surface area contributed by atoms with Gasteiger partial charge in [-0.2, -0.15) is 0 Å². The van der Waals surface area contributed by atoms with Gasteiger partial charge in [0.1, 0.15) is 6.04 Å². The summed E-state index contributed by atoms with van der Waals surface area (Å²) < 4.78 is 12.5. The molecule has 0 unspecified atom stereocenters. The van der Waals surface area contributed by atoms with E-state index in [0.29, 0.717) is 5.25 Å². The van der Waals surface area contributed by atoms with E-state index in [9.17, 15) is 0 Å². The largest absolute Gasteiger partial charge is 0.493 e. The smallest absolute Gasteiger partial charge is 0.175 e. The normalized spacial score (nSPS) is 23.7. The lowest BCUT2D eigenvalue weighted by atomic mass is 9.96. The highest BCUT2D eigenvalue weighted by molar-refractivity contribution is 9.10. The average Bonchev–Trinajstić information content (AvgIpc) is 3.19. The maximum atomic E-state index is 5.97. The Kier molecular flexibility index (Phi) is 5.56. The first-order valence-corrected chi connectivity index (χ1v) is 11.1. The standard InChI is InChI=1S/C21H24BrN3O2S/c1-12(2)27-20-15(22)9-14(10-17(20)26-4)19-18(16-7-5-6-8-23-16)24-21-25(19)11-13(3)28-21/h5-10,12-13,18-19H,11H2,1-4H3/t13-,18+,19-/m0/s1. The van der Waals surface area contributed by atoms with E-state index in [-0.39, 0.29) is 18.2 Å². The Bertz CT molecular complexity index is 891. The van der Waals surface area contributed by atoms with E-state index >= 15 is 0 Å². The molecule has 148 valence electrons. The van der Waals surface area contributed by atoms with Crippen molar-refractivity contribution in [2.75, 3.05) is 13.7 Å². The van der Waals surface area contributed by atoms with Crippen LogP contribution in [-0.2, 0) is 0 Å². The van der Waals surface area contributed by atoms with E-state index in [4.69, 9.17) is 14.5 Å². The quantitative estimate of drug-likeness (QED) is 0.609. The second-order valence-corrected chi connectivity index (χ2v) is 9.60. The maximum Gasteiger partial charge on any atom is 0.175 e. The molecule has 3 heterocycles. The number of rotatable bonds is 5. The number of hydrogen-bond acceptors (Lipinski definition) is 6. The van der Waals surface area contributed by atoms with Crippen LogP contribution in [0, 0.1) is 0 Å². The van der Waals surface area contributed by atoms with Gasteiger partial charge < -0.3 is 14.4 Å². The van der Waals surface area contributed by atoms with Crippen molar-refractivity contribution in [2.24, 2.45) is 4.99 Å². The zero-order chi connectivity index (χ0) is 19.8. The second kappa shape index (κ2) is 7.95. The van der Waals surface area contributed by atoms with Crippen LogP contribution < -0.4 is 9.47 Å². The van der Waals surface area contributed by atoms with Crippen LogP contribution in [0.2, 0.25) is 0 Å². The first-order chi connectivity index (χ1) is 13.5. The van der Waals surface area contributed by atoms with Crippen LogP contribution >= 0.6 is 27.7 Å². The fraction of sp³-hybridized carbons (Fsp3) is 0.429. The number of ether oxygens (including phenoxy) is 2. The van der Waals surface area contributed by atoms with Crippen molar-refractivity contribution in [1.82, 2.24) is 9.88 Å². The van der Waals surface area contributed by atoms with E-state index in [2.05, 4.69) is 50.9 Å². The molecule has 0 amide bonds. The van der Waals surface area contributed by atoms with Crippen LogP contribution in [-0.4, -0.2) is 40.1 Å². The molecule has 0 aliphatic carbocycles. The maximum absolute atomic E-state index is 5.97. The highest BCUT2D eigenvalue weighted by Crippen LogP contribution is 2.50. The van der Waals surface area contributed by atoms with Gasteiger partial charge in [0.25, 0.3) is 0 Å². The van der Waals surface area contributed by atoms with Crippen LogP contribution in [0.25, 0.3) is 0 Å². The Morgan fingerprint density at radius 1 is 1.29 bits per heavy atom. The SMILES string of the molecule is COc1cc([C@H]2[C@@H](c3ccccn3)N=C3S[C@@H](C)CN32)cc(Br)c1OC(C)C. The highest BCUT2D eigenvalue weighted by atomic mass is 79.9. The minimum atomic E-state index is -0.0373. The van der Waals surface area contributed by atoms with E-state index in [1.807, 2.05) is 43.9 Å². The molecule has 2 aromatic rings. The third kappa shape index (κ3) is 3.62. The van der Waals surface area contributed by atoms with Gasteiger partial charge in [0.05, 0.1) is 29.4 Å². The summed E-state index contributed by atoms with van der Waals surface area (Å²) in [6.45, 7) is 7.24. The number of methoxy groups -OCH3 is 1. The van der Waals surface area contributed by atoms with Crippen LogP contribution in [0.4, 0.5) is 0 Å². The summed E-state index contributed by atoms with van der Waals surface area (Å²) in [5.41, 5.74) is 2.13. The summed E-state index contributed by atoms with van der Waals surface area (Å²) in [6, 6.07) is 10.3. The van der Waals surface area contributed by atoms with Gasteiger partial charge in [-0.3, -0.25) is 9.98 Å². The number of aliphatic imine (C=N–C) groups is 1. The molecular formula is C21H24BrN3O2S. The summed E-state index contributed by atoms with van der Waals surface area (Å²) in [7, 11) is 1.68. The molecule has 5 nitrogen and oxygen atoms in total. The van der Waals surface area contributed by atoms with Crippen molar-refractivity contribution < 1.29 is 9.47 Å². The van der Waals surface area contributed by atoms with Crippen LogP contribution in [0.1, 0.15) is 44.1 Å². The molecule has 1 aromatic carbocycles. The van der Waals surface area contributed by atoms with Gasteiger partial charge in [-0.1, -0.05) is 24.8 Å². The number of fused-ring (bicyclic) bond motifs is 1. The predicted octanol–water partition coefficient (Wildman–Crippen LogP) is 5.23. The molecule has 2 aliphatic heterocycles. The van der Waals surface area contributed by atoms with Gasteiger partial charge in [0.15, 0.2) is 16.7 Å². The van der Waals surface area contributed by atoms with E-state index < -0.39 is 0 Å². The molecule has 1 saturated heterocycles. The van der Waals surface area contributed by atoms with E-state index in [0.717, 1.165) is 38.9 Å². The summed E-state index contributed by atoms with van der Waals surface area (Å²) >= 11 is 5.53. The van der Waals surface area contributed by atoms with Crippen LogP contribution in [0.3, 0.4) is 0 Å². The Labute approximate surface area is 178 Å². The van der Waals surface area contributed by atoms with E-state index in [1.54, 1.807) is 7.11 Å². The van der Waals surface area contributed by atoms with Crippen molar-refractivity contribution in [1.29, 1.82) is 0 Å². The summed E-state index contributed by atoms with van der Waals surface area (Å²) in [5, 5.41) is 1.63. The van der Waals surface area contributed by atoms with Crippen molar-refractivity contribution in [3.8, 4) is 11.5 Å². The van der Waals surface area contributed by atoms with Crippen molar-refractivity contribution in [3.63, 3.8) is 0 Å². The zero-order valence-electron chi connectivity index (χ0n) is 16.4. The summed E-state index contributed by atoms with van der Waals surface area (Å²) in [4.78, 5) is 12.0. The summed E-state index contributed by atoms with van der Waals surface area (Å²) in [5.74, 6) is 1.46. The Hall–Kier alpha value is -1.73. The number of hydrogen-bond donors (Lipinski definition) is 0. The highest BCUT2D eigenvalue weighted by Gasteiger charge is 2.44. The number of nitrogens with zero attached hydrogens (tertiary/aromatic N) is 3. The van der Waals surface area contributed by atoms with Gasteiger partial charge in [-0.15, -0.1) is 0 Å². The first-order valence-electron chi connectivity index (χ1n) is 9.44. The molecule has 2 aliphatic rings. The molecule has 1 aromatic heterocycles. The fourth-order valence-corrected chi connectivity index (χ4v) is 5.38. The Morgan fingerprint density at radius 2 is 2.11 bits per heavy atom. The number of thioether (sulfide) groups is 1. The minimum Gasteiger partial charge on any atom is -0.493 e. The molecule has 7 heteroatoms. The van der Waals surface area contributed by atoms with Crippen molar-refractivity contribution in [3.05, 3.63) is 52.3 Å². The van der Waals surface area contributed by atoms with Gasteiger partial charge in [0.2, 0.25) is 0 Å². The van der Waals surface area contributed by atoms with Gasteiger partial charge in [-0.25, -0.2) is 0 Å². The molecule has 1 fully saturated rings. The molecule has 0 radical (unpaired) electrons. The van der Waals surface area contributed by atoms with Gasteiger partial charge >= 0.3 is 0 Å². The summed E-state index contributed by atoms with van der Waals surface area (Å²) in [6.07, 6.45) is 1.90. The van der Waals surface area contributed by atoms with Crippen molar-refractivity contribution >= 4 is 32.9 Å².